The Morgan fingerprint density at radius 1 is 0.960 bits per heavy atom. The average Bonchev–Trinajstić information content (AvgIpc) is 2.65. The third-order valence-electron chi connectivity index (χ3n) is 3.97. The van der Waals surface area contributed by atoms with Crippen LogP contribution in [0.3, 0.4) is 0 Å². The third-order valence-corrected chi connectivity index (χ3v) is 3.97. The molecule has 0 unspecified atom stereocenters. The van der Waals surface area contributed by atoms with Crippen molar-refractivity contribution in [2.75, 3.05) is 14.2 Å². The van der Waals surface area contributed by atoms with Gasteiger partial charge in [-0.3, -0.25) is 14.9 Å². The second-order valence-corrected chi connectivity index (χ2v) is 5.34. The highest BCUT2D eigenvalue weighted by Gasteiger charge is 2.25. The van der Waals surface area contributed by atoms with Gasteiger partial charge in [0, 0.05) is 5.56 Å². The number of ketones is 1. The fourth-order valence-corrected chi connectivity index (χ4v) is 2.77. The number of benzene rings is 3. The maximum atomic E-state index is 12.9. The van der Waals surface area contributed by atoms with Crippen LogP contribution in [0.1, 0.15) is 15.9 Å². The quantitative estimate of drug-likeness (QED) is 0.399. The molecule has 0 aromatic heterocycles. The minimum atomic E-state index is -0.518. The molecule has 0 aliphatic carbocycles. The predicted octanol–water partition coefficient (Wildman–Crippen LogP) is 4.00. The van der Waals surface area contributed by atoms with Gasteiger partial charge in [0.25, 0.3) is 5.69 Å². The largest absolute Gasteiger partial charge is 0.493 e. The van der Waals surface area contributed by atoms with Crippen LogP contribution in [0.25, 0.3) is 10.8 Å². The van der Waals surface area contributed by atoms with Crippen LogP contribution in [0.5, 0.6) is 11.5 Å². The Bertz CT molecular complexity index is 981. The van der Waals surface area contributed by atoms with Crippen molar-refractivity contribution in [2.24, 2.45) is 0 Å². The number of ether oxygens (including phenoxy) is 2. The zero-order valence-electron chi connectivity index (χ0n) is 13.7. The van der Waals surface area contributed by atoms with Crippen molar-refractivity contribution in [3.63, 3.8) is 0 Å². The molecule has 126 valence electrons. The molecule has 0 amide bonds. The first kappa shape index (κ1) is 16.4. The Kier molecular flexibility index (Phi) is 4.35. The molecule has 0 spiro atoms. The number of fused-ring (bicyclic) bond motifs is 1. The summed E-state index contributed by atoms with van der Waals surface area (Å²) in [5.41, 5.74) is 0.129. The normalized spacial score (nSPS) is 10.5. The van der Waals surface area contributed by atoms with Crippen LogP contribution in [0.2, 0.25) is 0 Å². The van der Waals surface area contributed by atoms with Crippen LogP contribution < -0.4 is 9.47 Å². The van der Waals surface area contributed by atoms with Gasteiger partial charge in [-0.1, -0.05) is 24.3 Å². The van der Waals surface area contributed by atoms with E-state index in [1.807, 2.05) is 0 Å². The van der Waals surface area contributed by atoms with Crippen LogP contribution in [0, 0.1) is 10.1 Å². The lowest BCUT2D eigenvalue weighted by atomic mass is 9.97. The van der Waals surface area contributed by atoms with Crippen LogP contribution in [0.4, 0.5) is 5.69 Å². The SMILES string of the molecule is COc1ccc(C(=O)c2ccc3ccccc3c2[N+](=O)[O-])cc1OC. The van der Waals surface area contributed by atoms with E-state index >= 15 is 0 Å². The van der Waals surface area contributed by atoms with Gasteiger partial charge in [0.1, 0.15) is 5.56 Å². The molecule has 6 heteroatoms. The highest BCUT2D eigenvalue weighted by atomic mass is 16.6. The molecule has 0 bridgehead atoms. The molecular formula is C19H15NO5. The molecule has 0 aliphatic heterocycles. The van der Waals surface area contributed by atoms with Crippen molar-refractivity contribution in [1.29, 1.82) is 0 Å². The number of hydrogen-bond donors (Lipinski definition) is 0. The minimum absolute atomic E-state index is 0.0379. The summed E-state index contributed by atoms with van der Waals surface area (Å²) in [6, 6.07) is 14.8. The molecule has 0 atom stereocenters. The maximum absolute atomic E-state index is 12.9. The van der Waals surface area contributed by atoms with Crippen molar-refractivity contribution in [2.45, 2.75) is 0 Å². The van der Waals surface area contributed by atoms with Gasteiger partial charge in [0.2, 0.25) is 0 Å². The Balaban J connectivity index is 2.17. The summed E-state index contributed by atoms with van der Waals surface area (Å²) >= 11 is 0. The number of hydrogen-bond acceptors (Lipinski definition) is 5. The molecule has 0 aliphatic rings. The zero-order chi connectivity index (χ0) is 18.0. The van der Waals surface area contributed by atoms with Crippen molar-refractivity contribution in [3.8, 4) is 11.5 Å². The van der Waals surface area contributed by atoms with Gasteiger partial charge in [0.05, 0.1) is 24.5 Å². The van der Waals surface area contributed by atoms with Crippen molar-refractivity contribution in [3.05, 3.63) is 75.8 Å². The highest BCUT2D eigenvalue weighted by molar-refractivity contribution is 6.15. The average molecular weight is 337 g/mol. The number of nitro groups is 1. The van der Waals surface area contributed by atoms with Gasteiger partial charge in [-0.05, 0) is 35.7 Å². The second-order valence-electron chi connectivity index (χ2n) is 5.34. The first-order valence-corrected chi connectivity index (χ1v) is 7.49. The number of rotatable bonds is 5. The first-order chi connectivity index (χ1) is 12.1. The summed E-state index contributed by atoms with van der Waals surface area (Å²) in [6.45, 7) is 0. The van der Waals surface area contributed by atoms with E-state index in [4.69, 9.17) is 9.47 Å². The van der Waals surface area contributed by atoms with Gasteiger partial charge >= 0.3 is 0 Å². The molecule has 0 saturated carbocycles. The topological polar surface area (TPSA) is 78.7 Å². The molecular weight excluding hydrogens is 322 g/mol. The fraction of sp³-hybridized carbons (Fsp3) is 0.105. The summed E-state index contributed by atoms with van der Waals surface area (Å²) in [7, 11) is 2.96. The zero-order valence-corrected chi connectivity index (χ0v) is 13.7. The standard InChI is InChI=1S/C19H15NO5/c1-24-16-10-8-13(11-17(16)25-2)19(21)15-9-7-12-5-3-4-6-14(12)18(15)20(22)23/h3-11H,1-2H3. The second kappa shape index (κ2) is 6.60. The number of nitrogens with zero attached hydrogens (tertiary/aromatic N) is 1. The summed E-state index contributed by atoms with van der Waals surface area (Å²) < 4.78 is 10.4. The molecule has 3 rings (SSSR count). The number of carbonyl (C=O) groups excluding carboxylic acids is 1. The predicted molar refractivity (Wildman–Crippen MR) is 93.6 cm³/mol. The molecule has 0 fully saturated rings. The molecule has 25 heavy (non-hydrogen) atoms. The fourth-order valence-electron chi connectivity index (χ4n) is 2.77. The van der Waals surface area contributed by atoms with E-state index in [2.05, 4.69) is 0 Å². The van der Waals surface area contributed by atoms with Gasteiger partial charge in [-0.15, -0.1) is 0 Å². The summed E-state index contributed by atoms with van der Waals surface area (Å²) in [6.07, 6.45) is 0. The van der Waals surface area contributed by atoms with Crippen LogP contribution in [-0.2, 0) is 0 Å². The molecule has 3 aromatic carbocycles. The van der Waals surface area contributed by atoms with E-state index in [1.54, 1.807) is 42.5 Å². The number of nitro benzene ring substituents is 1. The van der Waals surface area contributed by atoms with Crippen molar-refractivity contribution < 1.29 is 19.2 Å². The van der Waals surface area contributed by atoms with Crippen LogP contribution in [0.15, 0.2) is 54.6 Å². The van der Waals surface area contributed by atoms with E-state index in [1.165, 1.54) is 26.4 Å². The molecule has 0 radical (unpaired) electrons. The van der Waals surface area contributed by atoms with E-state index in [9.17, 15) is 14.9 Å². The van der Waals surface area contributed by atoms with E-state index < -0.39 is 10.7 Å². The van der Waals surface area contributed by atoms with Crippen molar-refractivity contribution >= 4 is 22.2 Å². The minimum Gasteiger partial charge on any atom is -0.493 e. The smallest absolute Gasteiger partial charge is 0.288 e. The van der Waals surface area contributed by atoms with Gasteiger partial charge in [-0.2, -0.15) is 0 Å². The lowest BCUT2D eigenvalue weighted by molar-refractivity contribution is -0.383. The summed E-state index contributed by atoms with van der Waals surface area (Å²) in [5.74, 6) is 0.419. The van der Waals surface area contributed by atoms with E-state index in [0.717, 1.165) is 0 Å². The van der Waals surface area contributed by atoms with E-state index in [0.29, 0.717) is 22.3 Å². The Morgan fingerprint density at radius 2 is 1.68 bits per heavy atom. The molecule has 0 N–H and O–H groups in total. The van der Waals surface area contributed by atoms with Crippen LogP contribution >= 0.6 is 0 Å². The highest BCUT2D eigenvalue weighted by Crippen LogP contribution is 2.33. The third kappa shape index (κ3) is 2.89. The lowest BCUT2D eigenvalue weighted by Crippen LogP contribution is -2.06. The van der Waals surface area contributed by atoms with Crippen molar-refractivity contribution in [1.82, 2.24) is 0 Å². The first-order valence-electron chi connectivity index (χ1n) is 7.49. The van der Waals surface area contributed by atoms with Gasteiger partial charge < -0.3 is 9.47 Å². The monoisotopic (exact) mass is 337 g/mol. The Hall–Kier alpha value is -3.41. The van der Waals surface area contributed by atoms with E-state index in [-0.39, 0.29) is 16.8 Å². The Morgan fingerprint density at radius 3 is 2.36 bits per heavy atom. The summed E-state index contributed by atoms with van der Waals surface area (Å²) in [5, 5.41) is 12.7. The van der Waals surface area contributed by atoms with Crippen LogP contribution in [-0.4, -0.2) is 24.9 Å². The van der Waals surface area contributed by atoms with Gasteiger partial charge in [-0.25, -0.2) is 0 Å². The number of carbonyl (C=O) groups is 1. The number of methoxy groups -OCH3 is 2. The van der Waals surface area contributed by atoms with Gasteiger partial charge in [0.15, 0.2) is 17.3 Å². The molecule has 0 heterocycles. The summed E-state index contributed by atoms with van der Waals surface area (Å²) in [4.78, 5) is 24.0. The maximum Gasteiger partial charge on any atom is 0.288 e. The lowest BCUT2D eigenvalue weighted by Gasteiger charge is -2.10. The Labute approximate surface area is 143 Å². The molecule has 3 aromatic rings. The molecule has 6 nitrogen and oxygen atoms in total. The molecule has 0 saturated heterocycles.